The first-order valence-electron chi connectivity index (χ1n) is 7.84. The summed E-state index contributed by atoms with van der Waals surface area (Å²) >= 11 is 0. The minimum absolute atomic E-state index is 0.00297. The number of hydrogen-bond acceptors (Lipinski definition) is 4. The average molecular weight is 308 g/mol. The van der Waals surface area contributed by atoms with Gasteiger partial charge in [-0.1, -0.05) is 0 Å². The van der Waals surface area contributed by atoms with Gasteiger partial charge in [-0.05, 0) is 47.5 Å². The molecule has 0 bridgehead atoms. The van der Waals surface area contributed by atoms with E-state index in [0.717, 1.165) is 19.4 Å². The molecule has 124 valence electrons. The van der Waals surface area contributed by atoms with Crippen molar-refractivity contribution < 1.29 is 4.79 Å². The molecule has 0 radical (unpaired) electrons. The fourth-order valence-electron chi connectivity index (χ4n) is 3.40. The van der Waals surface area contributed by atoms with E-state index in [1.165, 1.54) is 0 Å². The van der Waals surface area contributed by atoms with Crippen LogP contribution in [0.25, 0.3) is 0 Å². The number of carbonyl (C=O) groups is 1. The second kappa shape index (κ2) is 5.87. The van der Waals surface area contributed by atoms with Gasteiger partial charge in [0.25, 0.3) is 0 Å². The first-order chi connectivity index (χ1) is 10.1. The molecule has 0 aromatic carbocycles. The van der Waals surface area contributed by atoms with Crippen molar-refractivity contribution in [3.05, 3.63) is 6.33 Å². The minimum atomic E-state index is -0.160. The van der Waals surface area contributed by atoms with Crippen molar-refractivity contribution in [2.24, 2.45) is 0 Å². The van der Waals surface area contributed by atoms with E-state index in [2.05, 4.69) is 48.4 Å². The highest BCUT2D eigenvalue weighted by molar-refractivity contribution is 5.87. The van der Waals surface area contributed by atoms with Crippen LogP contribution in [0.5, 0.6) is 0 Å². The van der Waals surface area contributed by atoms with Crippen LogP contribution in [0.4, 0.5) is 10.7 Å². The molecule has 1 fully saturated rings. The number of aromatic nitrogens is 3. The molecule has 0 spiro atoms. The second-order valence-corrected chi connectivity index (χ2v) is 7.42. The predicted octanol–water partition coefficient (Wildman–Crippen LogP) is 2.07. The molecule has 2 N–H and O–H groups in total. The quantitative estimate of drug-likeness (QED) is 0.896. The number of urea groups is 1. The Kier molecular flexibility index (Phi) is 4.47. The lowest BCUT2D eigenvalue weighted by atomic mass is 9.79. The Labute approximate surface area is 132 Å². The number of hydrogen-bond donors (Lipinski definition) is 2. The van der Waals surface area contributed by atoms with E-state index in [0.29, 0.717) is 5.95 Å². The van der Waals surface area contributed by atoms with Gasteiger partial charge in [-0.15, -0.1) is 5.10 Å². The molecule has 1 aromatic rings. The number of carbonyl (C=O) groups excluding carboxylic acids is 1. The summed E-state index contributed by atoms with van der Waals surface area (Å²) in [6.07, 6.45) is 3.45. The number of nitrogens with zero attached hydrogens (tertiary/aromatic N) is 4. The second-order valence-electron chi connectivity index (χ2n) is 7.42. The van der Waals surface area contributed by atoms with E-state index in [1.54, 1.807) is 15.9 Å². The third-order valence-corrected chi connectivity index (χ3v) is 4.12. The van der Waals surface area contributed by atoms with Gasteiger partial charge in [-0.3, -0.25) is 10.00 Å². The molecule has 1 aliphatic rings. The molecule has 1 aromatic heterocycles. The van der Waals surface area contributed by atoms with Crippen LogP contribution in [0.1, 0.15) is 47.5 Å². The van der Waals surface area contributed by atoms with Crippen molar-refractivity contribution in [2.45, 2.75) is 71.1 Å². The zero-order chi connectivity index (χ0) is 16.5. The highest BCUT2D eigenvalue weighted by Crippen LogP contribution is 2.31. The van der Waals surface area contributed by atoms with Crippen LogP contribution in [0.15, 0.2) is 6.33 Å². The first-order valence-corrected chi connectivity index (χ1v) is 7.84. The molecule has 22 heavy (non-hydrogen) atoms. The minimum Gasteiger partial charge on any atom is -0.324 e. The van der Waals surface area contributed by atoms with Crippen LogP contribution in [0.3, 0.4) is 0 Å². The van der Waals surface area contributed by atoms with E-state index in [-0.39, 0.29) is 23.2 Å². The summed E-state index contributed by atoms with van der Waals surface area (Å²) in [6, 6.07) is 0.0202. The van der Waals surface area contributed by atoms with Crippen LogP contribution in [0, 0.1) is 0 Å². The van der Waals surface area contributed by atoms with E-state index in [1.807, 2.05) is 14.0 Å². The summed E-state index contributed by atoms with van der Waals surface area (Å²) in [5.74, 6) is 0.353. The van der Waals surface area contributed by atoms with Gasteiger partial charge in [0.05, 0.1) is 0 Å². The van der Waals surface area contributed by atoms with Gasteiger partial charge in [0.1, 0.15) is 6.33 Å². The van der Waals surface area contributed by atoms with Crippen LogP contribution in [-0.4, -0.2) is 49.9 Å². The molecule has 0 saturated carbocycles. The number of rotatable bonds is 3. The lowest BCUT2D eigenvalue weighted by Crippen LogP contribution is -2.62. The van der Waals surface area contributed by atoms with Crippen LogP contribution < -0.4 is 10.6 Å². The van der Waals surface area contributed by atoms with Crippen molar-refractivity contribution in [1.29, 1.82) is 0 Å². The van der Waals surface area contributed by atoms with E-state index >= 15 is 0 Å². The van der Waals surface area contributed by atoms with Gasteiger partial charge in [0.15, 0.2) is 0 Å². The fraction of sp³-hybridized carbons (Fsp3) is 0.800. The Morgan fingerprint density at radius 2 is 2.00 bits per heavy atom. The number of piperidine rings is 1. The summed E-state index contributed by atoms with van der Waals surface area (Å²) in [6.45, 7) is 11.4. The lowest BCUT2D eigenvalue weighted by Gasteiger charge is -2.48. The van der Waals surface area contributed by atoms with Crippen LogP contribution in [-0.2, 0) is 6.54 Å². The Morgan fingerprint density at radius 1 is 1.41 bits per heavy atom. The van der Waals surface area contributed by atoms with Gasteiger partial charge in [0.2, 0.25) is 5.95 Å². The first kappa shape index (κ1) is 16.7. The molecule has 2 heterocycles. The number of aryl methyl sites for hydroxylation is 1. The SMILES string of the molecule is CCn1cnc(NC(=O)N(C)C2CC(C)(C)NC(C)(C)C2)n1. The smallest absolute Gasteiger partial charge is 0.324 e. The molecule has 1 aliphatic heterocycles. The normalized spacial score (nSPS) is 20.6. The Bertz CT molecular complexity index is 520. The van der Waals surface area contributed by atoms with Crippen molar-refractivity contribution in [3.8, 4) is 0 Å². The lowest BCUT2D eigenvalue weighted by molar-refractivity contribution is 0.0987. The molecule has 7 nitrogen and oxygen atoms in total. The summed E-state index contributed by atoms with van der Waals surface area (Å²) in [5.41, 5.74) is 0.00594. The maximum absolute atomic E-state index is 12.4. The molecule has 1 saturated heterocycles. The summed E-state index contributed by atoms with van der Waals surface area (Å²) in [7, 11) is 1.84. The summed E-state index contributed by atoms with van der Waals surface area (Å²) < 4.78 is 1.69. The van der Waals surface area contributed by atoms with Gasteiger partial charge in [0, 0.05) is 30.7 Å². The predicted molar refractivity (Wildman–Crippen MR) is 86.8 cm³/mol. The molecule has 0 aliphatic carbocycles. The molecule has 2 rings (SSSR count). The zero-order valence-corrected chi connectivity index (χ0v) is 14.5. The van der Waals surface area contributed by atoms with Gasteiger partial charge in [-0.25, -0.2) is 9.78 Å². The third-order valence-electron chi connectivity index (χ3n) is 4.12. The molecule has 2 amide bonds. The van der Waals surface area contributed by atoms with Crippen molar-refractivity contribution in [3.63, 3.8) is 0 Å². The standard InChI is InChI=1S/C15H28N6O/c1-7-21-10-16-12(18-21)17-13(22)20(6)11-8-14(2,3)19-15(4,5)9-11/h10-11,19H,7-9H2,1-6H3,(H,17,18,22). The number of anilines is 1. The average Bonchev–Trinajstić information content (AvgIpc) is 2.81. The van der Waals surface area contributed by atoms with Crippen molar-refractivity contribution >= 4 is 12.0 Å². The molecule has 0 unspecified atom stereocenters. The summed E-state index contributed by atoms with van der Waals surface area (Å²) in [4.78, 5) is 18.3. The monoisotopic (exact) mass is 308 g/mol. The van der Waals surface area contributed by atoms with Crippen molar-refractivity contribution in [2.75, 3.05) is 12.4 Å². The molecule has 0 atom stereocenters. The van der Waals surface area contributed by atoms with Crippen LogP contribution >= 0.6 is 0 Å². The zero-order valence-electron chi connectivity index (χ0n) is 14.5. The Hall–Kier alpha value is -1.63. The number of amides is 2. The molecular formula is C15H28N6O. The fourth-order valence-corrected chi connectivity index (χ4v) is 3.40. The largest absolute Gasteiger partial charge is 0.324 e. The molecule has 7 heteroatoms. The van der Waals surface area contributed by atoms with E-state index < -0.39 is 0 Å². The highest BCUT2D eigenvalue weighted by Gasteiger charge is 2.40. The molecular weight excluding hydrogens is 280 g/mol. The van der Waals surface area contributed by atoms with Gasteiger partial charge < -0.3 is 10.2 Å². The van der Waals surface area contributed by atoms with E-state index in [9.17, 15) is 4.79 Å². The Balaban J connectivity index is 2.03. The van der Waals surface area contributed by atoms with Crippen LogP contribution in [0.2, 0.25) is 0 Å². The van der Waals surface area contributed by atoms with Crippen molar-refractivity contribution in [1.82, 2.24) is 25.0 Å². The maximum atomic E-state index is 12.4. The number of nitrogens with one attached hydrogen (secondary N) is 2. The third kappa shape index (κ3) is 3.97. The summed E-state index contributed by atoms with van der Waals surface area (Å²) in [5, 5.41) is 10.6. The Morgan fingerprint density at radius 3 is 2.50 bits per heavy atom. The topological polar surface area (TPSA) is 75.1 Å². The highest BCUT2D eigenvalue weighted by atomic mass is 16.2. The maximum Gasteiger partial charge on any atom is 0.324 e. The van der Waals surface area contributed by atoms with Gasteiger partial charge in [-0.2, -0.15) is 0 Å². The van der Waals surface area contributed by atoms with E-state index in [4.69, 9.17) is 0 Å². The van der Waals surface area contributed by atoms with Gasteiger partial charge >= 0.3 is 6.03 Å².